The van der Waals surface area contributed by atoms with Crippen LogP contribution in [-0.4, -0.2) is 6.18 Å². The zero-order valence-electron chi connectivity index (χ0n) is 6.25. The van der Waals surface area contributed by atoms with Crippen LogP contribution in [0.4, 0.5) is 22.0 Å². The van der Waals surface area contributed by atoms with Crippen LogP contribution in [-0.2, 0) is 0 Å². The largest absolute Gasteiger partial charge is 0.443 e. The van der Waals surface area contributed by atoms with E-state index in [1.807, 2.05) is 0 Å². The molecule has 0 rings (SSSR count). The number of halogens is 5. The molecule has 0 radical (unpaired) electrons. The molecule has 0 aliphatic carbocycles. The van der Waals surface area contributed by atoms with Gasteiger partial charge < -0.3 is 0 Å². The highest BCUT2D eigenvalue weighted by molar-refractivity contribution is 5.16. The molecule has 0 saturated carbocycles. The summed E-state index contributed by atoms with van der Waals surface area (Å²) in [6, 6.07) is 0. The molecule has 0 aromatic carbocycles. The van der Waals surface area contributed by atoms with Crippen molar-refractivity contribution in [2.75, 3.05) is 0 Å². The van der Waals surface area contributed by atoms with Crippen molar-refractivity contribution in [3.63, 3.8) is 0 Å². The summed E-state index contributed by atoms with van der Waals surface area (Å²) in [7, 11) is 0. The van der Waals surface area contributed by atoms with Crippen LogP contribution in [0.3, 0.4) is 0 Å². The lowest BCUT2D eigenvalue weighted by atomic mass is 10.3. The minimum absolute atomic E-state index is 0.177. The van der Waals surface area contributed by atoms with E-state index in [2.05, 4.69) is 0 Å². The van der Waals surface area contributed by atoms with Crippen molar-refractivity contribution in [2.24, 2.45) is 0 Å². The molecule has 0 amide bonds. The Kier molecular flexibility index (Phi) is 3.92. The van der Waals surface area contributed by atoms with Gasteiger partial charge in [0.15, 0.2) is 0 Å². The third-order valence-electron chi connectivity index (χ3n) is 0.935. The van der Waals surface area contributed by atoms with E-state index in [0.29, 0.717) is 0 Å². The van der Waals surface area contributed by atoms with Crippen LogP contribution < -0.4 is 0 Å². The van der Waals surface area contributed by atoms with Crippen molar-refractivity contribution in [1.82, 2.24) is 0 Å². The Labute approximate surface area is 66.4 Å². The fourth-order valence-corrected chi connectivity index (χ4v) is 0.457. The van der Waals surface area contributed by atoms with Crippen LogP contribution in [0, 0.1) is 0 Å². The van der Waals surface area contributed by atoms with Crippen molar-refractivity contribution < 1.29 is 22.0 Å². The maximum atomic E-state index is 12.2. The van der Waals surface area contributed by atoms with E-state index in [-0.39, 0.29) is 12.5 Å². The molecule has 0 heterocycles. The smallest absolute Gasteiger partial charge is 0.207 e. The maximum Gasteiger partial charge on any atom is 0.443 e. The van der Waals surface area contributed by atoms with Crippen LogP contribution in [0.5, 0.6) is 0 Å². The molecule has 0 aromatic rings. The number of hydrogen-bond acceptors (Lipinski definition) is 0. The summed E-state index contributed by atoms with van der Waals surface area (Å²) in [6.45, 7) is 1.53. The highest BCUT2D eigenvalue weighted by Gasteiger charge is 2.34. The SMILES string of the molecule is CCC=C(F)C=C(F)C(F)(F)F. The highest BCUT2D eigenvalue weighted by Crippen LogP contribution is 2.27. The molecule has 0 atom stereocenters. The van der Waals surface area contributed by atoms with Gasteiger partial charge in [-0.15, -0.1) is 0 Å². The molecule has 0 unspecified atom stereocenters. The average molecular weight is 186 g/mol. The molecule has 0 aliphatic heterocycles. The Bertz CT molecular complexity index is 198. The van der Waals surface area contributed by atoms with Gasteiger partial charge in [0.2, 0.25) is 5.83 Å². The van der Waals surface area contributed by atoms with Gasteiger partial charge >= 0.3 is 6.18 Å². The summed E-state index contributed by atoms with van der Waals surface area (Å²) in [4.78, 5) is 0. The van der Waals surface area contributed by atoms with E-state index < -0.39 is 17.8 Å². The second-order valence-corrected chi connectivity index (χ2v) is 1.99. The Morgan fingerprint density at radius 1 is 1.25 bits per heavy atom. The standard InChI is InChI=1S/C7H7F5/c1-2-3-5(8)4-6(9)7(10,11)12/h3-4H,2H2,1H3. The van der Waals surface area contributed by atoms with Crippen molar-refractivity contribution in [3.05, 3.63) is 23.8 Å². The average Bonchev–Trinajstić information content (AvgIpc) is 1.85. The van der Waals surface area contributed by atoms with Gasteiger partial charge in [0, 0.05) is 6.08 Å². The summed E-state index contributed by atoms with van der Waals surface area (Å²) in [5.41, 5.74) is 0. The van der Waals surface area contributed by atoms with Gasteiger partial charge in [-0.05, 0) is 12.5 Å². The first-order valence-electron chi connectivity index (χ1n) is 3.18. The number of allylic oxidation sites excluding steroid dienone is 4. The minimum atomic E-state index is -5.10. The zero-order valence-corrected chi connectivity index (χ0v) is 6.25. The molecular formula is C7H7F5. The molecule has 0 fully saturated rings. The summed E-state index contributed by atoms with van der Waals surface area (Å²) in [6.07, 6.45) is -4.21. The Morgan fingerprint density at radius 3 is 2.08 bits per heavy atom. The van der Waals surface area contributed by atoms with E-state index in [1.54, 1.807) is 0 Å². The molecular weight excluding hydrogens is 179 g/mol. The first-order chi connectivity index (χ1) is 5.38. The van der Waals surface area contributed by atoms with Crippen molar-refractivity contribution in [2.45, 2.75) is 19.5 Å². The maximum absolute atomic E-state index is 12.2. The van der Waals surface area contributed by atoms with E-state index >= 15 is 0 Å². The second-order valence-electron chi connectivity index (χ2n) is 1.99. The number of hydrogen-bond donors (Lipinski definition) is 0. The van der Waals surface area contributed by atoms with E-state index in [4.69, 9.17) is 0 Å². The van der Waals surface area contributed by atoms with Gasteiger partial charge in [0.25, 0.3) is 0 Å². The lowest BCUT2D eigenvalue weighted by Gasteiger charge is -2.00. The lowest BCUT2D eigenvalue weighted by Crippen LogP contribution is -2.07. The van der Waals surface area contributed by atoms with Crippen LogP contribution in [0.25, 0.3) is 0 Å². The Morgan fingerprint density at radius 2 is 1.75 bits per heavy atom. The Balaban J connectivity index is 4.47. The molecule has 12 heavy (non-hydrogen) atoms. The van der Waals surface area contributed by atoms with Gasteiger partial charge in [0.05, 0.1) is 0 Å². The summed E-state index contributed by atoms with van der Waals surface area (Å²) >= 11 is 0. The number of alkyl halides is 3. The fourth-order valence-electron chi connectivity index (χ4n) is 0.457. The zero-order chi connectivity index (χ0) is 9.78. The molecule has 5 heteroatoms. The van der Waals surface area contributed by atoms with Crippen molar-refractivity contribution in [3.8, 4) is 0 Å². The summed E-state index contributed by atoms with van der Waals surface area (Å²) < 4.78 is 58.4. The van der Waals surface area contributed by atoms with Gasteiger partial charge in [-0.1, -0.05) is 6.92 Å². The quantitative estimate of drug-likeness (QED) is 0.456. The van der Waals surface area contributed by atoms with Gasteiger partial charge in [-0.3, -0.25) is 0 Å². The number of rotatable bonds is 2. The molecule has 0 N–H and O–H groups in total. The topological polar surface area (TPSA) is 0 Å². The van der Waals surface area contributed by atoms with Crippen molar-refractivity contribution >= 4 is 0 Å². The van der Waals surface area contributed by atoms with Gasteiger partial charge in [-0.25, -0.2) is 8.78 Å². The normalized spacial score (nSPS) is 15.2. The monoisotopic (exact) mass is 186 g/mol. The second kappa shape index (κ2) is 4.23. The molecule has 0 nitrogen and oxygen atoms in total. The molecule has 0 aliphatic rings. The summed E-state index contributed by atoms with van der Waals surface area (Å²) in [5, 5.41) is 0. The molecule has 70 valence electrons. The minimum Gasteiger partial charge on any atom is -0.207 e. The van der Waals surface area contributed by atoms with E-state index in [0.717, 1.165) is 6.08 Å². The van der Waals surface area contributed by atoms with Crippen LogP contribution >= 0.6 is 0 Å². The third kappa shape index (κ3) is 4.10. The third-order valence-corrected chi connectivity index (χ3v) is 0.935. The van der Waals surface area contributed by atoms with E-state index in [1.165, 1.54) is 6.92 Å². The van der Waals surface area contributed by atoms with Crippen LogP contribution in [0.1, 0.15) is 13.3 Å². The van der Waals surface area contributed by atoms with Gasteiger partial charge in [-0.2, -0.15) is 13.2 Å². The van der Waals surface area contributed by atoms with Crippen molar-refractivity contribution in [1.29, 1.82) is 0 Å². The van der Waals surface area contributed by atoms with E-state index in [9.17, 15) is 22.0 Å². The van der Waals surface area contributed by atoms with Gasteiger partial charge in [0.1, 0.15) is 5.83 Å². The predicted molar refractivity (Wildman–Crippen MR) is 34.7 cm³/mol. The summed E-state index contributed by atoms with van der Waals surface area (Å²) in [5.74, 6) is -3.64. The fraction of sp³-hybridized carbons (Fsp3) is 0.429. The first-order valence-corrected chi connectivity index (χ1v) is 3.18. The molecule has 0 bridgehead atoms. The first kappa shape index (κ1) is 11.1. The molecule has 0 saturated heterocycles. The highest BCUT2D eigenvalue weighted by atomic mass is 19.4. The predicted octanol–water partition coefficient (Wildman–Crippen LogP) is 3.67. The Hall–Kier alpha value is -0.870. The van der Waals surface area contributed by atoms with Crippen LogP contribution in [0.15, 0.2) is 23.8 Å². The molecule has 0 aromatic heterocycles. The molecule has 0 spiro atoms. The van der Waals surface area contributed by atoms with Crippen LogP contribution in [0.2, 0.25) is 0 Å². The lowest BCUT2D eigenvalue weighted by molar-refractivity contribution is -0.108.